The Kier molecular flexibility index (Phi) is 37.2. The van der Waals surface area contributed by atoms with Gasteiger partial charge in [0.15, 0.2) is 6.10 Å². The van der Waals surface area contributed by atoms with Crippen molar-refractivity contribution in [2.24, 2.45) is 0 Å². The van der Waals surface area contributed by atoms with Crippen LogP contribution in [0.3, 0.4) is 0 Å². The summed E-state index contributed by atoms with van der Waals surface area (Å²) in [6.07, 6.45) is 41.8. The first-order valence-corrected chi connectivity index (χ1v) is 22.2. The average molecular weight is 783 g/mol. The van der Waals surface area contributed by atoms with Gasteiger partial charge in [-0.25, -0.2) is 4.57 Å². The Bertz CT molecular complexity index is 1080. The van der Waals surface area contributed by atoms with Gasteiger partial charge < -0.3 is 24.6 Å². The number of aliphatic hydroxyl groups is 2. The van der Waals surface area contributed by atoms with Crippen molar-refractivity contribution in [1.82, 2.24) is 0 Å². The summed E-state index contributed by atoms with van der Waals surface area (Å²) in [6.45, 7) is 2.25. The number of rotatable bonds is 38. The van der Waals surface area contributed by atoms with Crippen LogP contribution in [-0.4, -0.2) is 65.7 Å². The lowest BCUT2D eigenvalue weighted by atomic mass is 10.1. The van der Waals surface area contributed by atoms with Crippen LogP contribution < -0.4 is 0 Å². The van der Waals surface area contributed by atoms with Gasteiger partial charge in [0.2, 0.25) is 0 Å². The third-order valence-electron chi connectivity index (χ3n) is 8.39. The summed E-state index contributed by atoms with van der Waals surface area (Å²) < 4.78 is 32.6. The number of esters is 2. The molecule has 0 rings (SSSR count). The number of hydrogen-bond donors (Lipinski definition) is 3. The van der Waals surface area contributed by atoms with E-state index in [0.29, 0.717) is 12.8 Å². The first-order valence-electron chi connectivity index (χ1n) is 20.7. The molecule has 0 aromatic carbocycles. The highest BCUT2D eigenvalue weighted by Crippen LogP contribution is 2.43. The molecule has 0 bridgehead atoms. The van der Waals surface area contributed by atoms with Crippen LogP contribution in [0.25, 0.3) is 0 Å². The molecule has 312 valence electrons. The summed E-state index contributed by atoms with van der Waals surface area (Å²) in [7, 11) is -4.63. The predicted molar refractivity (Wildman–Crippen MR) is 219 cm³/mol. The van der Waals surface area contributed by atoms with E-state index in [9.17, 15) is 24.2 Å². The second kappa shape index (κ2) is 38.9. The van der Waals surface area contributed by atoms with Gasteiger partial charge in [-0.1, -0.05) is 132 Å². The van der Waals surface area contributed by atoms with Gasteiger partial charge in [0.05, 0.1) is 19.8 Å². The number of phosphoric acid groups is 1. The quantitative estimate of drug-likeness (QED) is 0.0239. The van der Waals surface area contributed by atoms with Crippen LogP contribution in [0.15, 0.2) is 60.8 Å². The Hall–Kier alpha value is -2.33. The van der Waals surface area contributed by atoms with Gasteiger partial charge in [-0.05, 0) is 77.0 Å². The molecule has 0 aromatic rings. The largest absolute Gasteiger partial charge is 0.472 e. The minimum absolute atomic E-state index is 0.153. The van der Waals surface area contributed by atoms with Gasteiger partial charge in [0.25, 0.3) is 0 Å². The third-order valence-corrected chi connectivity index (χ3v) is 9.35. The molecule has 11 heteroatoms. The smallest absolute Gasteiger partial charge is 0.462 e. The predicted octanol–water partition coefficient (Wildman–Crippen LogP) is 10.7. The molecule has 0 saturated carbocycles. The Morgan fingerprint density at radius 1 is 0.556 bits per heavy atom. The molecule has 0 spiro atoms. The number of carbonyl (C=O) groups excluding carboxylic acids is 2. The summed E-state index contributed by atoms with van der Waals surface area (Å²) in [5.41, 5.74) is 0. The SMILES string of the molecule is CCCC/C=C\C/C=C\CCCCCCCC(=O)OC[C@H](COP(=O)(O)OC[C@@H](O)CO)OC(=O)CCCCCC/C=C\C/C=C\C/C=C\CCCCC. The fraction of sp³-hybridized carbons (Fsp3) is 0.721. The van der Waals surface area contributed by atoms with E-state index in [4.69, 9.17) is 19.1 Å². The maximum Gasteiger partial charge on any atom is 0.472 e. The Morgan fingerprint density at radius 3 is 1.50 bits per heavy atom. The lowest BCUT2D eigenvalue weighted by molar-refractivity contribution is -0.161. The van der Waals surface area contributed by atoms with Crippen LogP contribution in [0.5, 0.6) is 0 Å². The molecule has 3 N–H and O–H groups in total. The molecule has 3 atom stereocenters. The number of ether oxygens (including phenoxy) is 2. The van der Waals surface area contributed by atoms with Crippen molar-refractivity contribution in [2.75, 3.05) is 26.4 Å². The second-order valence-corrected chi connectivity index (χ2v) is 15.1. The van der Waals surface area contributed by atoms with Crippen molar-refractivity contribution < 1.29 is 47.8 Å². The van der Waals surface area contributed by atoms with Crippen LogP contribution in [-0.2, 0) is 32.7 Å². The van der Waals surface area contributed by atoms with Crippen molar-refractivity contribution in [3.8, 4) is 0 Å². The van der Waals surface area contributed by atoms with Crippen LogP contribution in [0.1, 0.15) is 162 Å². The van der Waals surface area contributed by atoms with Gasteiger partial charge in [0, 0.05) is 12.8 Å². The maximum absolute atomic E-state index is 12.6. The number of aliphatic hydroxyl groups excluding tert-OH is 2. The molecule has 1 unspecified atom stereocenters. The third kappa shape index (κ3) is 38.0. The monoisotopic (exact) mass is 783 g/mol. The Morgan fingerprint density at radius 2 is 0.981 bits per heavy atom. The van der Waals surface area contributed by atoms with Gasteiger partial charge in [-0.2, -0.15) is 0 Å². The minimum atomic E-state index is -4.63. The van der Waals surface area contributed by atoms with Crippen molar-refractivity contribution >= 4 is 19.8 Å². The molecule has 0 aromatic heterocycles. The molecule has 0 radical (unpaired) electrons. The number of carbonyl (C=O) groups is 2. The first kappa shape index (κ1) is 51.7. The second-order valence-electron chi connectivity index (χ2n) is 13.7. The van der Waals surface area contributed by atoms with E-state index in [1.807, 2.05) is 0 Å². The standard InChI is InChI=1S/C43H75O10P/c1-3-5-7-9-11-13-15-17-19-20-21-23-25-27-29-31-33-35-43(47)53-41(39-52-54(48,49)51-37-40(45)36-44)38-50-42(46)34-32-30-28-26-24-22-18-16-14-12-10-8-6-4-2/h10-13,16-19,21,23,40-41,44-45H,3-9,14-15,20,22,24-39H2,1-2H3,(H,48,49)/b12-10-,13-11-,18-16-,19-17-,23-21-/t40-,41+/m0/s1. The summed E-state index contributed by atoms with van der Waals surface area (Å²) >= 11 is 0. The molecule has 0 amide bonds. The molecule has 0 heterocycles. The molecule has 10 nitrogen and oxygen atoms in total. The number of allylic oxidation sites excluding steroid dienone is 10. The van der Waals surface area contributed by atoms with E-state index in [1.54, 1.807) is 0 Å². The van der Waals surface area contributed by atoms with E-state index < -0.39 is 51.8 Å². The van der Waals surface area contributed by atoms with E-state index in [2.05, 4.69) is 79.1 Å². The van der Waals surface area contributed by atoms with Gasteiger partial charge >= 0.3 is 19.8 Å². The van der Waals surface area contributed by atoms with E-state index in [0.717, 1.165) is 89.9 Å². The van der Waals surface area contributed by atoms with Crippen molar-refractivity contribution in [3.63, 3.8) is 0 Å². The highest BCUT2D eigenvalue weighted by molar-refractivity contribution is 7.47. The first-order chi connectivity index (χ1) is 26.2. The Labute approximate surface area is 327 Å². The zero-order chi connectivity index (χ0) is 39.8. The minimum Gasteiger partial charge on any atom is -0.462 e. The summed E-state index contributed by atoms with van der Waals surface area (Å²) in [5, 5.41) is 18.3. The van der Waals surface area contributed by atoms with Crippen LogP contribution in [0, 0.1) is 0 Å². The fourth-order valence-corrected chi connectivity index (χ4v) is 5.92. The number of unbranched alkanes of at least 4 members (excludes halogenated alkanes) is 14. The van der Waals surface area contributed by atoms with E-state index in [1.165, 1.54) is 32.1 Å². The molecular weight excluding hydrogens is 707 g/mol. The zero-order valence-electron chi connectivity index (χ0n) is 33.7. The van der Waals surface area contributed by atoms with E-state index in [-0.39, 0.29) is 19.4 Å². The maximum atomic E-state index is 12.6. The van der Waals surface area contributed by atoms with Gasteiger partial charge in [-0.3, -0.25) is 18.6 Å². The van der Waals surface area contributed by atoms with Crippen LogP contribution in [0.2, 0.25) is 0 Å². The zero-order valence-corrected chi connectivity index (χ0v) is 34.6. The highest BCUT2D eigenvalue weighted by Gasteiger charge is 2.27. The topological polar surface area (TPSA) is 149 Å². The van der Waals surface area contributed by atoms with Crippen molar-refractivity contribution in [3.05, 3.63) is 60.8 Å². The van der Waals surface area contributed by atoms with Gasteiger partial charge in [0.1, 0.15) is 12.7 Å². The molecule has 0 saturated heterocycles. The number of phosphoric ester groups is 1. The van der Waals surface area contributed by atoms with Crippen molar-refractivity contribution in [1.29, 1.82) is 0 Å². The fourth-order valence-electron chi connectivity index (χ4n) is 5.13. The number of hydrogen-bond acceptors (Lipinski definition) is 9. The van der Waals surface area contributed by atoms with Crippen LogP contribution in [0.4, 0.5) is 0 Å². The molecule has 0 aliphatic heterocycles. The van der Waals surface area contributed by atoms with E-state index >= 15 is 0 Å². The summed E-state index contributed by atoms with van der Waals surface area (Å²) in [6, 6.07) is 0. The van der Waals surface area contributed by atoms with Crippen LogP contribution >= 0.6 is 7.82 Å². The lowest BCUT2D eigenvalue weighted by Gasteiger charge is -2.20. The normalized spacial score (nSPS) is 14.5. The summed E-state index contributed by atoms with van der Waals surface area (Å²) in [4.78, 5) is 34.9. The van der Waals surface area contributed by atoms with Gasteiger partial charge in [-0.15, -0.1) is 0 Å². The summed E-state index contributed by atoms with van der Waals surface area (Å²) in [5.74, 6) is -0.972. The lowest BCUT2D eigenvalue weighted by Crippen LogP contribution is -2.29. The molecule has 0 aliphatic carbocycles. The average Bonchev–Trinajstić information content (AvgIpc) is 3.16. The molecule has 0 fully saturated rings. The molecule has 54 heavy (non-hydrogen) atoms. The molecular formula is C43H75O10P. The Balaban J connectivity index is 4.41. The molecule has 0 aliphatic rings. The van der Waals surface area contributed by atoms with Crippen molar-refractivity contribution in [2.45, 2.75) is 174 Å². The highest BCUT2D eigenvalue weighted by atomic mass is 31.2.